The number of fused-ring (bicyclic) bond motifs is 1. The van der Waals surface area contributed by atoms with Gasteiger partial charge in [0.05, 0.1) is 17.4 Å². The SMILES string of the molecule is C[C@]12CCC3(O1)C(C(=O)NCc1ccccc1)N(CCCCCCO)C(=O)[C@@H]3[C@H]2C(=O)NCc1ccccc1. The first kappa shape index (κ1) is 27.3. The van der Waals surface area contributed by atoms with Crippen LogP contribution in [0.4, 0.5) is 0 Å². The second kappa shape index (κ2) is 11.5. The number of likely N-dealkylation sites (tertiary alicyclic amines) is 1. The minimum Gasteiger partial charge on any atom is -0.396 e. The predicted molar refractivity (Wildman–Crippen MR) is 146 cm³/mol. The molecule has 0 radical (unpaired) electrons. The average molecular weight is 534 g/mol. The fraction of sp³-hybridized carbons (Fsp3) is 0.516. The lowest BCUT2D eigenvalue weighted by Gasteiger charge is -2.33. The summed E-state index contributed by atoms with van der Waals surface area (Å²) in [5.74, 6) is -1.96. The Morgan fingerprint density at radius 2 is 1.49 bits per heavy atom. The van der Waals surface area contributed by atoms with Gasteiger partial charge in [-0.2, -0.15) is 0 Å². The molecule has 2 aromatic rings. The summed E-state index contributed by atoms with van der Waals surface area (Å²) < 4.78 is 6.67. The molecule has 3 aliphatic heterocycles. The molecule has 3 fully saturated rings. The van der Waals surface area contributed by atoms with Gasteiger partial charge in [-0.25, -0.2) is 0 Å². The minimum absolute atomic E-state index is 0.143. The van der Waals surface area contributed by atoms with Gasteiger partial charge >= 0.3 is 0 Å². The molecule has 3 amide bonds. The molecular weight excluding hydrogens is 494 g/mol. The zero-order valence-corrected chi connectivity index (χ0v) is 22.6. The molecule has 39 heavy (non-hydrogen) atoms. The van der Waals surface area contributed by atoms with Crippen molar-refractivity contribution in [3.63, 3.8) is 0 Å². The van der Waals surface area contributed by atoms with E-state index >= 15 is 0 Å². The maximum atomic E-state index is 14.1. The number of nitrogens with one attached hydrogen (secondary N) is 2. The summed E-state index contributed by atoms with van der Waals surface area (Å²) in [6, 6.07) is 18.6. The average Bonchev–Trinajstić information content (AvgIpc) is 3.52. The molecule has 3 saturated heterocycles. The number of benzene rings is 2. The fourth-order valence-electron chi connectivity index (χ4n) is 6.89. The molecule has 8 heteroatoms. The minimum atomic E-state index is -1.02. The van der Waals surface area contributed by atoms with E-state index in [2.05, 4.69) is 10.6 Å². The van der Waals surface area contributed by atoms with Crippen LogP contribution in [0, 0.1) is 11.8 Å². The van der Waals surface area contributed by atoms with E-state index in [9.17, 15) is 14.4 Å². The molecule has 3 N–H and O–H groups in total. The standard InChI is InChI=1S/C31H39N3O5/c1-30-16-17-31(39-30)25(24(30)27(36)32-20-22-12-6-4-7-13-22)29(38)34(18-10-2-3-11-19-35)26(31)28(37)33-21-23-14-8-5-9-15-23/h4-9,12-15,24-26,35H,2-3,10-11,16-21H2,1H3,(H,32,36)(H,33,37)/t24-,25-,26?,30+,31?/m0/s1. The Bertz CT molecular complexity index is 1180. The molecular formula is C31H39N3O5. The zero-order chi connectivity index (χ0) is 27.5. The molecule has 2 aromatic carbocycles. The number of nitrogens with zero attached hydrogens (tertiary/aromatic N) is 1. The Hall–Kier alpha value is -3.23. The van der Waals surface area contributed by atoms with E-state index < -0.39 is 29.1 Å². The highest BCUT2D eigenvalue weighted by Crippen LogP contribution is 2.63. The van der Waals surface area contributed by atoms with Crippen molar-refractivity contribution in [3.05, 3.63) is 71.8 Å². The maximum Gasteiger partial charge on any atom is 0.246 e. The van der Waals surface area contributed by atoms with Crippen LogP contribution in [0.3, 0.4) is 0 Å². The molecule has 1 spiro atoms. The van der Waals surface area contributed by atoms with Crippen LogP contribution in [-0.4, -0.2) is 58.1 Å². The molecule has 5 rings (SSSR count). The van der Waals surface area contributed by atoms with E-state index in [1.807, 2.05) is 67.6 Å². The van der Waals surface area contributed by atoms with Gasteiger partial charge in [-0.1, -0.05) is 73.5 Å². The topological polar surface area (TPSA) is 108 Å². The Balaban J connectivity index is 1.38. The highest BCUT2D eigenvalue weighted by atomic mass is 16.5. The summed E-state index contributed by atoms with van der Waals surface area (Å²) >= 11 is 0. The van der Waals surface area contributed by atoms with Gasteiger partial charge in [-0.3, -0.25) is 14.4 Å². The molecule has 0 aromatic heterocycles. The quantitative estimate of drug-likeness (QED) is 0.364. The Morgan fingerprint density at radius 1 is 0.897 bits per heavy atom. The highest BCUT2D eigenvalue weighted by Gasteiger charge is 2.77. The van der Waals surface area contributed by atoms with Crippen molar-refractivity contribution in [1.29, 1.82) is 0 Å². The van der Waals surface area contributed by atoms with Crippen LogP contribution in [-0.2, 0) is 32.2 Å². The van der Waals surface area contributed by atoms with Crippen molar-refractivity contribution in [2.75, 3.05) is 13.2 Å². The van der Waals surface area contributed by atoms with Gasteiger partial charge in [0.25, 0.3) is 0 Å². The van der Waals surface area contributed by atoms with Gasteiger partial charge in [-0.05, 0) is 43.7 Å². The van der Waals surface area contributed by atoms with Crippen LogP contribution in [0.2, 0.25) is 0 Å². The van der Waals surface area contributed by atoms with Crippen LogP contribution < -0.4 is 10.6 Å². The van der Waals surface area contributed by atoms with Gasteiger partial charge in [0, 0.05) is 26.2 Å². The lowest BCUT2D eigenvalue weighted by atomic mass is 9.66. The number of hydrogen-bond acceptors (Lipinski definition) is 5. The number of unbranched alkanes of at least 4 members (excludes halogenated alkanes) is 3. The summed E-state index contributed by atoms with van der Waals surface area (Å²) in [6.07, 6.45) is 4.32. The molecule has 8 nitrogen and oxygen atoms in total. The van der Waals surface area contributed by atoms with Gasteiger partial charge in [0.15, 0.2) is 0 Å². The van der Waals surface area contributed by atoms with Gasteiger partial charge in [-0.15, -0.1) is 0 Å². The summed E-state index contributed by atoms with van der Waals surface area (Å²) in [7, 11) is 0. The maximum absolute atomic E-state index is 14.1. The van der Waals surface area contributed by atoms with E-state index in [-0.39, 0.29) is 24.3 Å². The molecule has 208 valence electrons. The number of ether oxygens (including phenoxy) is 1. The number of carbonyl (C=O) groups is 3. The van der Waals surface area contributed by atoms with Crippen LogP contribution in [0.5, 0.6) is 0 Å². The third kappa shape index (κ3) is 5.20. The fourth-order valence-corrected chi connectivity index (χ4v) is 6.89. The molecule has 0 aliphatic carbocycles. The number of aliphatic hydroxyl groups is 1. The summed E-state index contributed by atoms with van der Waals surface area (Å²) in [4.78, 5) is 43.2. The third-order valence-electron chi connectivity index (χ3n) is 8.73. The van der Waals surface area contributed by atoms with E-state index in [0.717, 1.165) is 30.4 Å². The molecule has 0 saturated carbocycles. The third-order valence-corrected chi connectivity index (χ3v) is 8.73. The smallest absolute Gasteiger partial charge is 0.246 e. The highest BCUT2D eigenvalue weighted by molar-refractivity contribution is 5.99. The number of amides is 3. The molecule has 3 aliphatic rings. The lowest BCUT2D eigenvalue weighted by Crippen LogP contribution is -2.55. The van der Waals surface area contributed by atoms with E-state index in [4.69, 9.17) is 9.84 Å². The van der Waals surface area contributed by atoms with Gasteiger partial charge in [0.1, 0.15) is 11.6 Å². The van der Waals surface area contributed by atoms with Crippen molar-refractivity contribution in [1.82, 2.24) is 15.5 Å². The zero-order valence-electron chi connectivity index (χ0n) is 22.6. The van der Waals surface area contributed by atoms with E-state index in [1.165, 1.54) is 0 Å². The molecule has 3 heterocycles. The van der Waals surface area contributed by atoms with Gasteiger partial charge in [0.2, 0.25) is 17.7 Å². The normalized spacial score (nSPS) is 28.9. The van der Waals surface area contributed by atoms with Crippen LogP contribution in [0.1, 0.15) is 56.6 Å². The van der Waals surface area contributed by atoms with Crippen molar-refractivity contribution in [3.8, 4) is 0 Å². The lowest BCUT2D eigenvalue weighted by molar-refractivity contribution is -0.146. The number of hydrogen-bond donors (Lipinski definition) is 3. The van der Waals surface area contributed by atoms with Crippen molar-refractivity contribution < 1.29 is 24.2 Å². The van der Waals surface area contributed by atoms with Crippen molar-refractivity contribution >= 4 is 17.7 Å². The molecule has 2 unspecified atom stereocenters. The summed E-state index contributed by atoms with van der Waals surface area (Å²) in [5.41, 5.74) is 0.135. The van der Waals surface area contributed by atoms with E-state index in [0.29, 0.717) is 38.9 Å². The summed E-state index contributed by atoms with van der Waals surface area (Å²) in [5, 5.41) is 15.2. The molecule has 2 bridgehead atoms. The van der Waals surface area contributed by atoms with Crippen LogP contribution in [0.15, 0.2) is 60.7 Å². The van der Waals surface area contributed by atoms with Gasteiger partial charge < -0.3 is 25.4 Å². The monoisotopic (exact) mass is 533 g/mol. The van der Waals surface area contributed by atoms with Crippen molar-refractivity contribution in [2.24, 2.45) is 11.8 Å². The Labute approximate surface area is 230 Å². The number of rotatable bonds is 12. The largest absolute Gasteiger partial charge is 0.396 e. The van der Waals surface area contributed by atoms with Crippen molar-refractivity contribution in [2.45, 2.75) is 75.8 Å². The van der Waals surface area contributed by atoms with E-state index in [1.54, 1.807) is 4.90 Å². The second-order valence-corrected chi connectivity index (χ2v) is 11.3. The first-order chi connectivity index (χ1) is 18.9. The molecule has 5 atom stereocenters. The number of aliphatic hydroxyl groups excluding tert-OH is 1. The Kier molecular flexibility index (Phi) is 8.05. The van der Waals surface area contributed by atoms with Crippen LogP contribution in [0.25, 0.3) is 0 Å². The second-order valence-electron chi connectivity index (χ2n) is 11.3. The first-order valence-corrected chi connectivity index (χ1v) is 14.1. The number of carbonyl (C=O) groups excluding carboxylic acids is 3. The predicted octanol–water partition coefficient (Wildman–Crippen LogP) is 2.94. The first-order valence-electron chi connectivity index (χ1n) is 14.1. The summed E-state index contributed by atoms with van der Waals surface area (Å²) in [6.45, 7) is 3.20. The Morgan fingerprint density at radius 3 is 2.10 bits per heavy atom. The van der Waals surface area contributed by atoms with Crippen LogP contribution >= 0.6 is 0 Å².